The molecular weight excluding hydrogens is 364 g/mol. The van der Waals surface area contributed by atoms with E-state index in [-0.39, 0.29) is 16.9 Å². The van der Waals surface area contributed by atoms with Crippen LogP contribution in [-0.4, -0.2) is 11.9 Å². The van der Waals surface area contributed by atoms with Crippen molar-refractivity contribution in [3.05, 3.63) is 84.0 Å². The Morgan fingerprint density at radius 1 is 0.931 bits per heavy atom. The van der Waals surface area contributed by atoms with E-state index < -0.39 is 17.9 Å². The minimum absolute atomic E-state index is 0.152. The Kier molecular flexibility index (Phi) is 7.54. The van der Waals surface area contributed by atoms with Gasteiger partial charge in [-0.05, 0) is 49.1 Å². The van der Waals surface area contributed by atoms with Gasteiger partial charge >= 0.3 is 11.9 Å². The van der Waals surface area contributed by atoms with Crippen molar-refractivity contribution in [3.63, 3.8) is 0 Å². The molecule has 0 bridgehead atoms. The topological polar surface area (TPSA) is 52.6 Å². The fourth-order valence-corrected chi connectivity index (χ4v) is 2.49. The molecule has 0 N–H and O–H groups in total. The van der Waals surface area contributed by atoms with Crippen molar-refractivity contribution in [2.45, 2.75) is 40.0 Å². The van der Waals surface area contributed by atoms with Crippen LogP contribution in [-0.2, 0) is 10.2 Å². The number of hydrogen-bond donors (Lipinski definition) is 0. The average molecular weight is 392 g/mol. The molecule has 1 atom stereocenters. The van der Waals surface area contributed by atoms with E-state index in [2.05, 4.69) is 20.8 Å². The molecule has 0 saturated heterocycles. The van der Waals surface area contributed by atoms with E-state index in [0.717, 1.165) is 5.56 Å². The average Bonchev–Trinajstić information content (AvgIpc) is 2.69. The molecule has 2 aromatic carbocycles. The zero-order valence-corrected chi connectivity index (χ0v) is 17.6. The Morgan fingerprint density at radius 2 is 1.62 bits per heavy atom. The lowest BCUT2D eigenvalue weighted by Crippen LogP contribution is -2.18. The number of rotatable bonds is 6. The Hall–Kier alpha value is -3.14. The van der Waals surface area contributed by atoms with Crippen LogP contribution in [0.1, 0.15) is 50.5 Å². The van der Waals surface area contributed by atoms with Gasteiger partial charge in [0.25, 0.3) is 0 Å². The number of benzene rings is 2. The highest BCUT2D eigenvalue weighted by Gasteiger charge is 2.21. The minimum Gasteiger partial charge on any atom is -0.422 e. The fourth-order valence-electron chi connectivity index (χ4n) is 2.49. The number of esters is 2. The highest BCUT2D eigenvalue weighted by Crippen LogP contribution is 2.34. The Bertz CT molecular complexity index is 902. The van der Waals surface area contributed by atoms with E-state index in [4.69, 9.17) is 9.47 Å². The van der Waals surface area contributed by atoms with Crippen molar-refractivity contribution in [2.24, 2.45) is 5.92 Å². The molecule has 1 unspecified atom stereocenters. The van der Waals surface area contributed by atoms with E-state index in [0.29, 0.717) is 5.56 Å². The molecule has 4 nitrogen and oxygen atoms in total. The third kappa shape index (κ3) is 6.46. The van der Waals surface area contributed by atoms with Gasteiger partial charge in [0.05, 0.1) is 11.5 Å². The van der Waals surface area contributed by atoms with E-state index in [9.17, 15) is 9.59 Å². The summed E-state index contributed by atoms with van der Waals surface area (Å²) in [6, 6.07) is 14.0. The number of carbonyl (C=O) groups is 2. The second kappa shape index (κ2) is 9.87. The third-order valence-corrected chi connectivity index (χ3v) is 4.31. The standard InChI is InChI=1S/C25H28O4/c1-6-7-9-12-18(2)23(26)29-22-17-20(25(3,4)5)15-16-21(22)28-24(27)19-13-10-8-11-14-19/h6-18H,1-5H3/b7-6-,12-9-. The first-order valence-electron chi connectivity index (χ1n) is 9.65. The molecule has 0 saturated carbocycles. The van der Waals surface area contributed by atoms with Gasteiger partial charge in [0.2, 0.25) is 0 Å². The molecule has 0 aliphatic rings. The molecule has 0 aromatic heterocycles. The smallest absolute Gasteiger partial charge is 0.343 e. The highest BCUT2D eigenvalue weighted by molar-refractivity contribution is 5.91. The minimum atomic E-state index is -0.507. The second-order valence-electron chi connectivity index (χ2n) is 7.79. The van der Waals surface area contributed by atoms with Gasteiger partial charge in [0.15, 0.2) is 11.5 Å². The Balaban J connectivity index is 2.31. The maximum absolute atomic E-state index is 12.5. The molecular formula is C25H28O4. The first-order valence-corrected chi connectivity index (χ1v) is 9.65. The maximum atomic E-state index is 12.5. The molecule has 0 spiro atoms. The first kappa shape index (κ1) is 22.2. The van der Waals surface area contributed by atoms with Crippen LogP contribution >= 0.6 is 0 Å². The fraction of sp³-hybridized carbons (Fsp3) is 0.280. The van der Waals surface area contributed by atoms with Crippen LogP contribution in [0.3, 0.4) is 0 Å². The quantitative estimate of drug-likeness (QED) is 0.350. The van der Waals surface area contributed by atoms with Gasteiger partial charge in [-0.25, -0.2) is 4.79 Å². The SMILES string of the molecule is C/C=C\C=C/C(C)C(=O)Oc1cc(C(C)(C)C)ccc1OC(=O)c1ccccc1. The molecule has 0 amide bonds. The van der Waals surface area contributed by atoms with Crippen molar-refractivity contribution < 1.29 is 19.1 Å². The summed E-state index contributed by atoms with van der Waals surface area (Å²) in [4.78, 5) is 25.0. The largest absolute Gasteiger partial charge is 0.422 e. The van der Waals surface area contributed by atoms with Crippen LogP contribution in [0.15, 0.2) is 72.8 Å². The molecule has 0 aliphatic carbocycles. The summed E-state index contributed by atoms with van der Waals surface area (Å²) in [6.45, 7) is 9.84. The van der Waals surface area contributed by atoms with Crippen molar-refractivity contribution in [3.8, 4) is 11.5 Å². The molecule has 29 heavy (non-hydrogen) atoms. The third-order valence-electron chi connectivity index (χ3n) is 4.31. The lowest BCUT2D eigenvalue weighted by molar-refractivity contribution is -0.136. The monoisotopic (exact) mass is 392 g/mol. The molecule has 0 radical (unpaired) electrons. The zero-order chi connectivity index (χ0) is 21.4. The summed E-state index contributed by atoms with van der Waals surface area (Å²) in [5.74, 6) is -0.925. The lowest BCUT2D eigenvalue weighted by Gasteiger charge is -2.21. The molecule has 4 heteroatoms. The molecule has 0 fully saturated rings. The van der Waals surface area contributed by atoms with Crippen molar-refractivity contribution >= 4 is 11.9 Å². The summed E-state index contributed by atoms with van der Waals surface area (Å²) in [5.41, 5.74) is 1.24. The second-order valence-corrected chi connectivity index (χ2v) is 7.79. The van der Waals surface area contributed by atoms with Gasteiger partial charge in [-0.2, -0.15) is 0 Å². The Labute approximate surface area is 172 Å². The number of carbonyl (C=O) groups excluding carboxylic acids is 2. The number of allylic oxidation sites excluding steroid dienone is 3. The summed E-state index contributed by atoms with van der Waals surface area (Å²) in [6.07, 6.45) is 7.28. The first-order chi connectivity index (χ1) is 13.7. The maximum Gasteiger partial charge on any atom is 0.343 e. The van der Waals surface area contributed by atoms with Gasteiger partial charge in [-0.15, -0.1) is 0 Å². The van der Waals surface area contributed by atoms with Crippen LogP contribution in [0.25, 0.3) is 0 Å². The zero-order valence-electron chi connectivity index (χ0n) is 17.6. The molecule has 152 valence electrons. The summed E-state index contributed by atoms with van der Waals surface area (Å²) >= 11 is 0. The van der Waals surface area contributed by atoms with Gasteiger partial charge < -0.3 is 9.47 Å². The highest BCUT2D eigenvalue weighted by atomic mass is 16.6. The molecule has 2 aromatic rings. The van der Waals surface area contributed by atoms with Crippen LogP contribution in [0.4, 0.5) is 0 Å². The van der Waals surface area contributed by atoms with Crippen LogP contribution in [0.2, 0.25) is 0 Å². The van der Waals surface area contributed by atoms with Crippen molar-refractivity contribution in [2.75, 3.05) is 0 Å². The predicted octanol–water partition coefficient (Wildman–Crippen LogP) is 5.88. The summed E-state index contributed by atoms with van der Waals surface area (Å²) < 4.78 is 11.2. The normalized spacial score (nSPS) is 12.9. The van der Waals surface area contributed by atoms with Gasteiger partial charge in [0.1, 0.15) is 0 Å². The van der Waals surface area contributed by atoms with Crippen molar-refractivity contribution in [1.29, 1.82) is 0 Å². The number of hydrogen-bond acceptors (Lipinski definition) is 4. The molecule has 0 aliphatic heterocycles. The van der Waals surface area contributed by atoms with E-state index >= 15 is 0 Å². The molecule has 0 heterocycles. The molecule has 2 rings (SSSR count). The van der Waals surface area contributed by atoms with Crippen molar-refractivity contribution in [1.82, 2.24) is 0 Å². The van der Waals surface area contributed by atoms with Gasteiger partial charge in [-0.1, -0.05) is 69.3 Å². The van der Waals surface area contributed by atoms with Crippen LogP contribution in [0.5, 0.6) is 11.5 Å². The predicted molar refractivity (Wildman–Crippen MR) is 115 cm³/mol. The van der Waals surface area contributed by atoms with Crippen LogP contribution in [0, 0.1) is 5.92 Å². The Morgan fingerprint density at radius 3 is 2.24 bits per heavy atom. The lowest BCUT2D eigenvalue weighted by atomic mass is 9.87. The summed E-state index contributed by atoms with van der Waals surface area (Å²) in [7, 11) is 0. The summed E-state index contributed by atoms with van der Waals surface area (Å²) in [5, 5.41) is 0. The van der Waals surface area contributed by atoms with E-state index in [1.165, 1.54) is 0 Å². The van der Waals surface area contributed by atoms with Crippen LogP contribution < -0.4 is 9.47 Å². The van der Waals surface area contributed by atoms with E-state index in [1.807, 2.05) is 31.2 Å². The van der Waals surface area contributed by atoms with Gasteiger partial charge in [-0.3, -0.25) is 4.79 Å². The number of ether oxygens (including phenoxy) is 2. The van der Waals surface area contributed by atoms with E-state index in [1.54, 1.807) is 55.5 Å². The van der Waals surface area contributed by atoms with Gasteiger partial charge in [0, 0.05) is 0 Å².